The molecular weight excluding hydrogens is 330 g/mol. The summed E-state index contributed by atoms with van der Waals surface area (Å²) in [5.74, 6) is -0.157. The Bertz CT molecular complexity index is 586. The van der Waals surface area contributed by atoms with Gasteiger partial charge in [-0.05, 0) is 23.3 Å². The summed E-state index contributed by atoms with van der Waals surface area (Å²) in [6.07, 6.45) is 0.387. The minimum absolute atomic E-state index is 0.0785. The first-order chi connectivity index (χ1) is 8.91. The number of hydrogen-bond acceptors (Lipinski definition) is 2. The monoisotopic (exact) mass is 336 g/mol. The first kappa shape index (κ1) is 14.6. The van der Waals surface area contributed by atoms with Crippen LogP contribution in [0.2, 0.25) is 20.1 Å². The quantitative estimate of drug-likeness (QED) is 0.780. The van der Waals surface area contributed by atoms with E-state index in [1.165, 1.54) is 12.1 Å². The van der Waals surface area contributed by atoms with E-state index in [0.29, 0.717) is 17.5 Å². The average molecular weight is 338 g/mol. The number of phenols is 2. The summed E-state index contributed by atoms with van der Waals surface area (Å²) in [6.45, 7) is 0. The van der Waals surface area contributed by atoms with Gasteiger partial charge in [0, 0.05) is 6.42 Å². The molecule has 0 bridgehead atoms. The third-order valence-corrected chi connectivity index (χ3v) is 4.49. The van der Waals surface area contributed by atoms with Gasteiger partial charge in [-0.25, -0.2) is 0 Å². The molecule has 0 aliphatic rings. The average Bonchev–Trinajstić information content (AvgIpc) is 2.39. The van der Waals surface area contributed by atoms with E-state index in [2.05, 4.69) is 0 Å². The topological polar surface area (TPSA) is 40.5 Å². The highest BCUT2D eigenvalue weighted by molar-refractivity contribution is 6.44. The molecule has 2 rings (SSSR count). The zero-order valence-corrected chi connectivity index (χ0v) is 12.4. The lowest BCUT2D eigenvalue weighted by molar-refractivity contribution is 0.475. The van der Waals surface area contributed by atoms with Crippen molar-refractivity contribution in [3.63, 3.8) is 0 Å². The Hall–Kier alpha value is -0.800. The Morgan fingerprint density at radius 3 is 1.37 bits per heavy atom. The van der Waals surface area contributed by atoms with Crippen molar-refractivity contribution < 1.29 is 10.2 Å². The van der Waals surface area contributed by atoms with Crippen LogP contribution in [-0.4, -0.2) is 10.2 Å². The van der Waals surface area contributed by atoms with E-state index < -0.39 is 0 Å². The van der Waals surface area contributed by atoms with Gasteiger partial charge in [0.25, 0.3) is 0 Å². The normalized spacial score (nSPS) is 10.7. The van der Waals surface area contributed by atoms with E-state index in [4.69, 9.17) is 46.4 Å². The van der Waals surface area contributed by atoms with Crippen LogP contribution in [-0.2, 0) is 6.42 Å². The molecule has 0 heterocycles. The Morgan fingerprint density at radius 2 is 1.00 bits per heavy atom. The van der Waals surface area contributed by atoms with Crippen LogP contribution in [0.15, 0.2) is 24.3 Å². The molecule has 0 atom stereocenters. The van der Waals surface area contributed by atoms with Gasteiger partial charge in [-0.1, -0.05) is 58.5 Å². The zero-order valence-electron chi connectivity index (χ0n) is 9.42. The van der Waals surface area contributed by atoms with E-state index in [1.807, 2.05) is 0 Å². The molecule has 0 fully saturated rings. The second-order valence-electron chi connectivity index (χ2n) is 3.92. The van der Waals surface area contributed by atoms with Crippen LogP contribution in [0.5, 0.6) is 11.5 Å². The summed E-state index contributed by atoms with van der Waals surface area (Å²) in [5.41, 5.74) is 1.40. The number of rotatable bonds is 2. The van der Waals surface area contributed by atoms with Gasteiger partial charge in [0.1, 0.15) is 21.5 Å². The maximum atomic E-state index is 9.43. The van der Waals surface area contributed by atoms with Crippen LogP contribution < -0.4 is 0 Å². The molecule has 0 saturated carbocycles. The molecule has 100 valence electrons. The van der Waals surface area contributed by atoms with E-state index in [-0.39, 0.29) is 31.6 Å². The van der Waals surface area contributed by atoms with Gasteiger partial charge in [-0.3, -0.25) is 0 Å². The molecule has 2 N–H and O–H groups in total. The van der Waals surface area contributed by atoms with E-state index >= 15 is 0 Å². The highest BCUT2D eigenvalue weighted by atomic mass is 35.5. The highest BCUT2D eigenvalue weighted by Gasteiger charge is 2.14. The van der Waals surface area contributed by atoms with Crippen molar-refractivity contribution in [2.24, 2.45) is 0 Å². The molecule has 0 aliphatic heterocycles. The van der Waals surface area contributed by atoms with Crippen LogP contribution in [0.1, 0.15) is 11.1 Å². The Morgan fingerprint density at radius 1 is 0.632 bits per heavy atom. The Kier molecular flexibility index (Phi) is 4.36. The molecule has 2 aromatic carbocycles. The number of hydrogen-bond donors (Lipinski definition) is 2. The molecular formula is C13H8Cl4O2. The maximum absolute atomic E-state index is 9.43. The fourth-order valence-electron chi connectivity index (χ4n) is 1.64. The van der Waals surface area contributed by atoms with Crippen LogP contribution in [0.25, 0.3) is 0 Å². The van der Waals surface area contributed by atoms with Crippen molar-refractivity contribution in [3.8, 4) is 11.5 Å². The van der Waals surface area contributed by atoms with Crippen LogP contribution in [0.3, 0.4) is 0 Å². The van der Waals surface area contributed by atoms with Crippen LogP contribution in [0, 0.1) is 0 Å². The van der Waals surface area contributed by atoms with Gasteiger partial charge in [0.05, 0.1) is 10.0 Å². The minimum atomic E-state index is -0.0785. The van der Waals surface area contributed by atoms with Crippen molar-refractivity contribution in [2.75, 3.05) is 0 Å². The summed E-state index contributed by atoms with van der Waals surface area (Å²) >= 11 is 23.8. The molecule has 2 aromatic rings. The molecule has 0 saturated heterocycles. The van der Waals surface area contributed by atoms with Crippen molar-refractivity contribution in [3.05, 3.63) is 55.5 Å². The molecule has 2 nitrogen and oxygen atoms in total. The molecule has 0 aromatic heterocycles. The number of aromatic hydroxyl groups is 2. The van der Waals surface area contributed by atoms with Crippen LogP contribution >= 0.6 is 46.4 Å². The standard InChI is InChI=1S/C13H8Cl4O2/c14-10-6(1-3-8(18)12(10)16)5-7-2-4-9(19)13(17)11(7)15/h1-4,18-19H,5H2. The molecule has 0 unspecified atom stereocenters. The zero-order chi connectivity index (χ0) is 14.2. The van der Waals surface area contributed by atoms with Gasteiger partial charge in [0.15, 0.2) is 0 Å². The SMILES string of the molecule is Oc1ccc(Cc2ccc(O)c(Cl)c2Cl)c(Cl)c1Cl. The molecule has 0 amide bonds. The van der Waals surface area contributed by atoms with Crippen LogP contribution in [0.4, 0.5) is 0 Å². The second kappa shape index (κ2) is 5.68. The number of benzene rings is 2. The van der Waals surface area contributed by atoms with Crippen molar-refractivity contribution in [2.45, 2.75) is 6.42 Å². The number of halogens is 4. The van der Waals surface area contributed by atoms with E-state index in [1.54, 1.807) is 12.1 Å². The van der Waals surface area contributed by atoms with Crippen molar-refractivity contribution >= 4 is 46.4 Å². The fraction of sp³-hybridized carbons (Fsp3) is 0.0769. The van der Waals surface area contributed by atoms with Gasteiger partial charge >= 0.3 is 0 Å². The molecule has 0 radical (unpaired) electrons. The Balaban J connectivity index is 2.43. The first-order valence-electron chi connectivity index (χ1n) is 5.23. The Labute approximate surface area is 130 Å². The smallest absolute Gasteiger partial charge is 0.135 e. The highest BCUT2D eigenvalue weighted by Crippen LogP contribution is 2.38. The lowest BCUT2D eigenvalue weighted by Crippen LogP contribution is -1.92. The summed E-state index contributed by atoms with van der Waals surface area (Å²) in [6, 6.07) is 6.22. The summed E-state index contributed by atoms with van der Waals surface area (Å²) in [7, 11) is 0. The predicted molar refractivity (Wildman–Crippen MR) is 79.1 cm³/mol. The van der Waals surface area contributed by atoms with Crippen molar-refractivity contribution in [1.82, 2.24) is 0 Å². The summed E-state index contributed by atoms with van der Waals surface area (Å²) in [5, 5.41) is 19.6. The van der Waals surface area contributed by atoms with E-state index in [9.17, 15) is 10.2 Å². The molecule has 0 spiro atoms. The fourth-order valence-corrected chi connectivity index (χ4v) is 2.46. The van der Waals surface area contributed by atoms with Gasteiger partial charge in [0.2, 0.25) is 0 Å². The molecule has 19 heavy (non-hydrogen) atoms. The van der Waals surface area contributed by atoms with Crippen molar-refractivity contribution in [1.29, 1.82) is 0 Å². The minimum Gasteiger partial charge on any atom is -0.506 e. The van der Waals surface area contributed by atoms with Gasteiger partial charge < -0.3 is 10.2 Å². The predicted octanol–water partition coefficient (Wildman–Crippen LogP) is 5.30. The first-order valence-corrected chi connectivity index (χ1v) is 6.74. The lowest BCUT2D eigenvalue weighted by atomic mass is 10.0. The maximum Gasteiger partial charge on any atom is 0.135 e. The van der Waals surface area contributed by atoms with Gasteiger partial charge in [-0.2, -0.15) is 0 Å². The molecule has 0 aliphatic carbocycles. The summed E-state index contributed by atoms with van der Waals surface area (Å²) < 4.78 is 0. The van der Waals surface area contributed by atoms with Gasteiger partial charge in [-0.15, -0.1) is 0 Å². The second-order valence-corrected chi connectivity index (χ2v) is 5.43. The third-order valence-electron chi connectivity index (χ3n) is 2.66. The number of phenolic OH excluding ortho intramolecular Hbond substituents is 2. The lowest BCUT2D eigenvalue weighted by Gasteiger charge is -2.10. The van der Waals surface area contributed by atoms with E-state index in [0.717, 1.165) is 0 Å². The largest absolute Gasteiger partial charge is 0.506 e. The molecule has 6 heteroatoms. The summed E-state index contributed by atoms with van der Waals surface area (Å²) in [4.78, 5) is 0. The third kappa shape index (κ3) is 2.87.